The van der Waals surface area contributed by atoms with E-state index in [0.29, 0.717) is 0 Å². The van der Waals surface area contributed by atoms with Crippen LogP contribution >= 0.6 is 0 Å². The molecule has 4 heteroatoms. The second kappa shape index (κ2) is 7.27. The highest BCUT2D eigenvalue weighted by molar-refractivity contribution is 6.21. The summed E-state index contributed by atoms with van der Waals surface area (Å²) < 4.78 is 8.48. The standard InChI is InChI=1S/C32H19N3O/c1-2-8-20(9-3-1)27-18-34-31(19-33-27)35-28-12-6-4-10-22(28)24-15-14-21-16-26-23-11-5-7-13-29(23)36-30(26)17-25(21)32(24)35/h1-19H. The molecular weight excluding hydrogens is 442 g/mol. The minimum atomic E-state index is 0.790. The average Bonchev–Trinajstić information content (AvgIpc) is 3.48. The van der Waals surface area contributed by atoms with E-state index < -0.39 is 0 Å². The molecule has 0 amide bonds. The number of para-hydroxylation sites is 2. The fraction of sp³-hybridized carbons (Fsp3) is 0. The molecule has 36 heavy (non-hydrogen) atoms. The van der Waals surface area contributed by atoms with E-state index in [9.17, 15) is 0 Å². The molecular formula is C32H19N3O. The molecule has 0 spiro atoms. The van der Waals surface area contributed by atoms with E-state index in [0.717, 1.165) is 55.4 Å². The molecule has 0 fully saturated rings. The first kappa shape index (κ1) is 19.4. The van der Waals surface area contributed by atoms with Crippen LogP contribution in [0.25, 0.3) is 71.6 Å². The summed E-state index contributed by atoms with van der Waals surface area (Å²) in [6, 6.07) is 35.7. The summed E-state index contributed by atoms with van der Waals surface area (Å²) in [5.74, 6) is 0.790. The Hall–Kier alpha value is -4.96. The minimum Gasteiger partial charge on any atom is -0.456 e. The van der Waals surface area contributed by atoms with Gasteiger partial charge in [-0.05, 0) is 29.7 Å². The van der Waals surface area contributed by atoms with Crippen LogP contribution in [0.3, 0.4) is 0 Å². The van der Waals surface area contributed by atoms with Gasteiger partial charge in [-0.1, -0.05) is 78.9 Å². The zero-order chi connectivity index (χ0) is 23.6. The van der Waals surface area contributed by atoms with Gasteiger partial charge >= 0.3 is 0 Å². The second-order valence-electron chi connectivity index (χ2n) is 9.11. The average molecular weight is 462 g/mol. The van der Waals surface area contributed by atoms with Gasteiger partial charge in [-0.3, -0.25) is 9.55 Å². The van der Waals surface area contributed by atoms with E-state index in [2.05, 4.69) is 77.4 Å². The van der Waals surface area contributed by atoms with Crippen LogP contribution in [-0.2, 0) is 0 Å². The lowest BCUT2D eigenvalue weighted by molar-refractivity contribution is 0.669. The van der Waals surface area contributed by atoms with Crippen LogP contribution < -0.4 is 0 Å². The Morgan fingerprint density at radius 3 is 2.22 bits per heavy atom. The normalized spacial score (nSPS) is 11.9. The van der Waals surface area contributed by atoms with Crippen molar-refractivity contribution in [2.45, 2.75) is 0 Å². The highest BCUT2D eigenvalue weighted by atomic mass is 16.3. The quantitative estimate of drug-likeness (QED) is 0.260. The molecule has 0 saturated heterocycles. The maximum atomic E-state index is 6.26. The summed E-state index contributed by atoms with van der Waals surface area (Å²) in [5.41, 5.74) is 5.91. The predicted molar refractivity (Wildman–Crippen MR) is 147 cm³/mol. The Morgan fingerprint density at radius 2 is 1.36 bits per heavy atom. The van der Waals surface area contributed by atoms with Gasteiger partial charge in [0.1, 0.15) is 11.2 Å². The number of rotatable bonds is 2. The van der Waals surface area contributed by atoms with Crippen molar-refractivity contribution in [1.29, 1.82) is 0 Å². The molecule has 5 aromatic carbocycles. The van der Waals surface area contributed by atoms with Gasteiger partial charge in [0.15, 0.2) is 5.82 Å². The molecule has 0 aliphatic rings. The van der Waals surface area contributed by atoms with Crippen molar-refractivity contribution < 1.29 is 4.42 Å². The number of aromatic nitrogens is 3. The SMILES string of the molecule is c1ccc(-c2cnc(-n3c4ccccc4c4ccc5cc6c(cc5c43)oc3ccccc36)cn2)cc1. The van der Waals surface area contributed by atoms with Crippen LogP contribution in [0.15, 0.2) is 120 Å². The topological polar surface area (TPSA) is 43.9 Å². The smallest absolute Gasteiger partial charge is 0.156 e. The van der Waals surface area contributed by atoms with Crippen LogP contribution in [0, 0.1) is 0 Å². The van der Waals surface area contributed by atoms with Crippen molar-refractivity contribution in [1.82, 2.24) is 14.5 Å². The first-order valence-corrected chi connectivity index (χ1v) is 12.0. The van der Waals surface area contributed by atoms with E-state index in [-0.39, 0.29) is 0 Å². The summed E-state index contributed by atoms with van der Waals surface area (Å²) in [4.78, 5) is 9.65. The maximum Gasteiger partial charge on any atom is 0.156 e. The molecule has 8 aromatic rings. The minimum absolute atomic E-state index is 0.790. The fourth-order valence-electron chi connectivity index (χ4n) is 5.44. The van der Waals surface area contributed by atoms with Crippen molar-refractivity contribution in [2.24, 2.45) is 0 Å². The number of nitrogens with zero attached hydrogens (tertiary/aromatic N) is 3. The Labute approximate surface area is 206 Å². The highest BCUT2D eigenvalue weighted by Crippen LogP contribution is 2.39. The van der Waals surface area contributed by atoms with Crippen molar-refractivity contribution in [3.05, 3.63) is 116 Å². The Morgan fingerprint density at radius 1 is 0.556 bits per heavy atom. The lowest BCUT2D eigenvalue weighted by atomic mass is 10.0. The molecule has 0 radical (unpaired) electrons. The van der Waals surface area contributed by atoms with E-state index >= 15 is 0 Å². The molecule has 3 aromatic heterocycles. The monoisotopic (exact) mass is 461 g/mol. The molecule has 0 aliphatic heterocycles. The summed E-state index contributed by atoms with van der Waals surface area (Å²) in [6.07, 6.45) is 3.72. The highest BCUT2D eigenvalue weighted by Gasteiger charge is 2.17. The van der Waals surface area contributed by atoms with E-state index in [1.807, 2.05) is 42.7 Å². The first-order chi connectivity index (χ1) is 17.8. The fourth-order valence-corrected chi connectivity index (χ4v) is 5.44. The lowest BCUT2D eigenvalue weighted by Gasteiger charge is -2.09. The maximum absolute atomic E-state index is 6.26. The van der Waals surface area contributed by atoms with Gasteiger partial charge in [0.05, 0.1) is 29.1 Å². The zero-order valence-corrected chi connectivity index (χ0v) is 19.2. The van der Waals surface area contributed by atoms with E-state index in [1.54, 1.807) is 0 Å². The molecule has 0 unspecified atom stereocenters. The second-order valence-corrected chi connectivity index (χ2v) is 9.11. The third-order valence-electron chi connectivity index (χ3n) is 7.08. The van der Waals surface area contributed by atoms with Crippen LogP contribution in [0.4, 0.5) is 0 Å². The van der Waals surface area contributed by atoms with Crippen molar-refractivity contribution in [2.75, 3.05) is 0 Å². The van der Waals surface area contributed by atoms with Gasteiger partial charge in [0, 0.05) is 32.5 Å². The molecule has 0 atom stereocenters. The molecule has 3 heterocycles. The van der Waals surface area contributed by atoms with Crippen LogP contribution in [0.1, 0.15) is 0 Å². The predicted octanol–water partition coefficient (Wildman–Crippen LogP) is 8.29. The third-order valence-corrected chi connectivity index (χ3v) is 7.08. The molecule has 8 rings (SSSR count). The van der Waals surface area contributed by atoms with Gasteiger partial charge in [-0.15, -0.1) is 0 Å². The summed E-state index contributed by atoms with van der Waals surface area (Å²) in [5, 5.41) is 6.93. The number of fused-ring (bicyclic) bond motifs is 8. The van der Waals surface area contributed by atoms with Crippen LogP contribution in [-0.4, -0.2) is 14.5 Å². The van der Waals surface area contributed by atoms with Gasteiger partial charge < -0.3 is 4.42 Å². The van der Waals surface area contributed by atoms with Crippen molar-refractivity contribution in [3.8, 4) is 17.1 Å². The number of benzene rings is 5. The van der Waals surface area contributed by atoms with Gasteiger partial charge in [-0.25, -0.2) is 4.98 Å². The summed E-state index contributed by atoms with van der Waals surface area (Å²) in [6.45, 7) is 0. The largest absolute Gasteiger partial charge is 0.456 e. The molecule has 0 aliphatic carbocycles. The molecule has 0 saturated carbocycles. The molecule has 0 bridgehead atoms. The first-order valence-electron chi connectivity index (χ1n) is 12.0. The Kier molecular flexibility index (Phi) is 3.91. The Balaban J connectivity index is 1.45. The molecule has 168 valence electrons. The van der Waals surface area contributed by atoms with Crippen molar-refractivity contribution >= 4 is 54.5 Å². The summed E-state index contributed by atoms with van der Waals surface area (Å²) >= 11 is 0. The van der Waals surface area contributed by atoms with Crippen LogP contribution in [0.5, 0.6) is 0 Å². The van der Waals surface area contributed by atoms with E-state index in [1.165, 1.54) is 16.2 Å². The number of hydrogen-bond acceptors (Lipinski definition) is 3. The van der Waals surface area contributed by atoms with Gasteiger partial charge in [0.2, 0.25) is 0 Å². The number of hydrogen-bond donors (Lipinski definition) is 0. The van der Waals surface area contributed by atoms with Gasteiger partial charge in [-0.2, -0.15) is 0 Å². The lowest BCUT2D eigenvalue weighted by Crippen LogP contribution is -1.99. The zero-order valence-electron chi connectivity index (χ0n) is 19.2. The van der Waals surface area contributed by atoms with Crippen LogP contribution in [0.2, 0.25) is 0 Å². The summed E-state index contributed by atoms with van der Waals surface area (Å²) in [7, 11) is 0. The van der Waals surface area contributed by atoms with Gasteiger partial charge in [0.25, 0.3) is 0 Å². The van der Waals surface area contributed by atoms with Crippen molar-refractivity contribution in [3.63, 3.8) is 0 Å². The van der Waals surface area contributed by atoms with E-state index in [4.69, 9.17) is 14.4 Å². The number of furan rings is 1. The molecule has 4 nitrogen and oxygen atoms in total. The third kappa shape index (κ3) is 2.70. The Bertz CT molecular complexity index is 2080. The molecule has 0 N–H and O–H groups in total.